The molecule has 1 rings (SSSR count). The normalized spacial score (nSPS) is 12.7. The highest BCUT2D eigenvalue weighted by Crippen LogP contribution is 2.12. The molecule has 0 saturated carbocycles. The highest BCUT2D eigenvalue weighted by atomic mass is 28.4. The monoisotopic (exact) mass is 326 g/mol. The van der Waals surface area contributed by atoms with E-state index < -0.39 is 8.97 Å². The Balaban J connectivity index is 2.69. The lowest BCUT2D eigenvalue weighted by atomic mass is 10.1. The Morgan fingerprint density at radius 1 is 1.05 bits per heavy atom. The molecule has 0 spiro atoms. The van der Waals surface area contributed by atoms with E-state index in [1.165, 1.54) is 0 Å². The third kappa shape index (κ3) is 5.76. The zero-order valence-electron chi connectivity index (χ0n) is 13.7. The number of benzene rings is 1. The minimum atomic E-state index is -3.19. The molecule has 22 heavy (non-hydrogen) atoms. The van der Waals surface area contributed by atoms with Gasteiger partial charge >= 0.3 is 15.0 Å². The van der Waals surface area contributed by atoms with Crippen molar-refractivity contribution in [2.45, 2.75) is 33.7 Å². The van der Waals surface area contributed by atoms with E-state index in [2.05, 4.69) is 10.3 Å². The first-order valence-electron chi connectivity index (χ1n) is 7.62. The summed E-state index contributed by atoms with van der Waals surface area (Å²) in [4.78, 5) is 15.0. The Bertz CT molecular complexity index is 427. The average Bonchev–Trinajstić information content (AvgIpc) is 2.48. The SMILES string of the molecule is CCO[Si](NC(=O)N[C@H](C)c1ccccc1)(OCC)OCC. The van der Waals surface area contributed by atoms with Crippen LogP contribution in [0.5, 0.6) is 0 Å². The molecule has 0 aliphatic rings. The quantitative estimate of drug-likeness (QED) is 0.684. The lowest BCUT2D eigenvalue weighted by Gasteiger charge is -2.28. The number of carbonyl (C=O) groups is 1. The van der Waals surface area contributed by atoms with Crippen molar-refractivity contribution in [3.8, 4) is 0 Å². The summed E-state index contributed by atoms with van der Waals surface area (Å²) in [5.41, 5.74) is 1.02. The van der Waals surface area contributed by atoms with Gasteiger partial charge < -0.3 is 18.6 Å². The van der Waals surface area contributed by atoms with E-state index in [9.17, 15) is 4.79 Å². The van der Waals surface area contributed by atoms with Crippen LogP contribution in [0.25, 0.3) is 0 Å². The van der Waals surface area contributed by atoms with Gasteiger partial charge in [0.2, 0.25) is 0 Å². The lowest BCUT2D eigenvalue weighted by Crippen LogP contribution is -2.63. The fraction of sp³-hybridized carbons (Fsp3) is 0.533. The molecule has 2 N–H and O–H groups in total. The Morgan fingerprint density at radius 2 is 1.55 bits per heavy atom. The molecular weight excluding hydrogens is 300 g/mol. The maximum absolute atomic E-state index is 12.2. The van der Waals surface area contributed by atoms with E-state index in [-0.39, 0.29) is 12.1 Å². The van der Waals surface area contributed by atoms with Crippen LogP contribution in [0.3, 0.4) is 0 Å². The van der Waals surface area contributed by atoms with E-state index in [4.69, 9.17) is 13.3 Å². The predicted molar refractivity (Wildman–Crippen MR) is 87.2 cm³/mol. The smallest absolute Gasteiger partial charge is 0.357 e. The minimum absolute atomic E-state index is 0.127. The second kappa shape index (κ2) is 9.57. The van der Waals surface area contributed by atoms with Gasteiger partial charge in [-0.15, -0.1) is 0 Å². The van der Waals surface area contributed by atoms with Crippen LogP contribution in [0.2, 0.25) is 0 Å². The van der Waals surface area contributed by atoms with Crippen molar-refractivity contribution in [1.82, 2.24) is 10.3 Å². The summed E-state index contributed by atoms with van der Waals surface area (Å²) in [5, 5.41) is 2.87. The van der Waals surface area contributed by atoms with Gasteiger partial charge in [0.05, 0.1) is 6.04 Å². The topological polar surface area (TPSA) is 68.8 Å². The van der Waals surface area contributed by atoms with Crippen LogP contribution >= 0.6 is 0 Å². The van der Waals surface area contributed by atoms with Crippen LogP contribution in [0.15, 0.2) is 30.3 Å². The maximum atomic E-state index is 12.2. The van der Waals surface area contributed by atoms with Crippen molar-refractivity contribution in [3.63, 3.8) is 0 Å². The summed E-state index contributed by atoms with van der Waals surface area (Å²) >= 11 is 0. The Kier molecular flexibility index (Phi) is 8.11. The summed E-state index contributed by atoms with van der Waals surface area (Å²) < 4.78 is 16.8. The molecular formula is C15H26N2O4Si. The standard InChI is InChI=1S/C15H26N2O4Si/c1-5-19-22(20-6-2,21-7-3)17-15(18)16-13(4)14-11-9-8-10-12-14/h8-13H,5-7H2,1-4H3,(H2,16,17,18)/t13-/m1/s1. The largest absolute Gasteiger partial charge is 0.634 e. The van der Waals surface area contributed by atoms with Crippen LogP contribution in [0.4, 0.5) is 4.79 Å². The van der Waals surface area contributed by atoms with E-state index >= 15 is 0 Å². The van der Waals surface area contributed by atoms with Gasteiger partial charge in [-0.25, -0.2) is 4.79 Å². The van der Waals surface area contributed by atoms with E-state index in [0.717, 1.165) is 5.56 Å². The first-order chi connectivity index (χ1) is 10.6. The molecule has 1 aromatic carbocycles. The predicted octanol–water partition coefficient (Wildman–Crippen LogP) is 2.59. The van der Waals surface area contributed by atoms with Crippen molar-refractivity contribution < 1.29 is 18.1 Å². The first kappa shape index (κ1) is 18.6. The van der Waals surface area contributed by atoms with E-state index in [0.29, 0.717) is 19.8 Å². The molecule has 0 heterocycles. The van der Waals surface area contributed by atoms with Gasteiger partial charge in [0.25, 0.3) is 0 Å². The molecule has 0 aliphatic heterocycles. The van der Waals surface area contributed by atoms with E-state index in [1.807, 2.05) is 58.0 Å². The molecule has 1 aromatic rings. The number of nitrogens with one attached hydrogen (secondary N) is 2. The van der Waals surface area contributed by atoms with Crippen molar-refractivity contribution in [2.24, 2.45) is 0 Å². The molecule has 6 nitrogen and oxygen atoms in total. The zero-order valence-corrected chi connectivity index (χ0v) is 14.7. The minimum Gasteiger partial charge on any atom is -0.357 e. The van der Waals surface area contributed by atoms with Crippen molar-refractivity contribution in [2.75, 3.05) is 19.8 Å². The van der Waals surface area contributed by atoms with E-state index in [1.54, 1.807) is 0 Å². The third-order valence-electron chi connectivity index (χ3n) is 2.92. The average molecular weight is 326 g/mol. The molecule has 7 heteroatoms. The highest BCUT2D eigenvalue weighted by molar-refractivity contribution is 6.60. The molecule has 2 amide bonds. The van der Waals surface area contributed by atoms with Gasteiger partial charge in [-0.05, 0) is 33.3 Å². The van der Waals surface area contributed by atoms with Crippen molar-refractivity contribution >= 4 is 15.0 Å². The molecule has 0 saturated heterocycles. The first-order valence-corrected chi connectivity index (χ1v) is 9.34. The number of urea groups is 1. The van der Waals surface area contributed by atoms with Crippen LogP contribution < -0.4 is 10.3 Å². The van der Waals surface area contributed by atoms with Gasteiger partial charge in [-0.2, -0.15) is 0 Å². The molecule has 0 radical (unpaired) electrons. The zero-order chi connectivity index (χ0) is 16.4. The molecule has 0 aliphatic carbocycles. The Labute approximate surface area is 133 Å². The number of hydrogen-bond acceptors (Lipinski definition) is 4. The molecule has 124 valence electrons. The van der Waals surface area contributed by atoms with Crippen LogP contribution in [0.1, 0.15) is 39.3 Å². The number of carbonyl (C=O) groups excluding carboxylic acids is 1. The van der Waals surface area contributed by atoms with Gasteiger partial charge in [0.1, 0.15) is 0 Å². The summed E-state index contributed by atoms with van der Waals surface area (Å²) in [6, 6.07) is 9.24. The fourth-order valence-corrected chi connectivity index (χ4v) is 3.96. The summed E-state index contributed by atoms with van der Waals surface area (Å²) in [6.45, 7) is 8.65. The number of rotatable bonds is 9. The van der Waals surface area contributed by atoms with Crippen LogP contribution in [0, 0.1) is 0 Å². The fourth-order valence-electron chi connectivity index (χ4n) is 2.00. The Hall–Kier alpha value is -1.41. The number of amides is 2. The van der Waals surface area contributed by atoms with Crippen molar-refractivity contribution in [1.29, 1.82) is 0 Å². The highest BCUT2D eigenvalue weighted by Gasteiger charge is 2.44. The molecule has 0 bridgehead atoms. The van der Waals surface area contributed by atoms with Crippen molar-refractivity contribution in [3.05, 3.63) is 35.9 Å². The lowest BCUT2D eigenvalue weighted by molar-refractivity contribution is 0.0630. The van der Waals surface area contributed by atoms with Gasteiger partial charge in [-0.3, -0.25) is 4.98 Å². The van der Waals surface area contributed by atoms with Crippen LogP contribution in [-0.2, 0) is 13.3 Å². The summed E-state index contributed by atoms with van der Waals surface area (Å²) in [5.74, 6) is 0. The molecule has 0 fully saturated rings. The maximum Gasteiger partial charge on any atom is 0.634 e. The van der Waals surface area contributed by atoms with Gasteiger partial charge in [0, 0.05) is 19.8 Å². The van der Waals surface area contributed by atoms with Crippen LogP contribution in [-0.4, -0.2) is 34.8 Å². The second-order valence-electron chi connectivity index (χ2n) is 4.59. The summed E-state index contributed by atoms with van der Waals surface area (Å²) in [7, 11) is -3.19. The van der Waals surface area contributed by atoms with Gasteiger partial charge in [0.15, 0.2) is 0 Å². The van der Waals surface area contributed by atoms with Gasteiger partial charge in [-0.1, -0.05) is 30.3 Å². The Morgan fingerprint density at radius 3 is 2.00 bits per heavy atom. The second-order valence-corrected chi connectivity index (χ2v) is 6.81. The number of hydrogen-bond donors (Lipinski definition) is 2. The molecule has 0 aromatic heterocycles. The molecule has 0 unspecified atom stereocenters. The summed E-state index contributed by atoms with van der Waals surface area (Å²) in [6.07, 6.45) is 0. The molecule has 1 atom stereocenters. The third-order valence-corrected chi connectivity index (χ3v) is 5.46.